The molecule has 3 heteroatoms. The molecule has 0 spiro atoms. The van der Waals surface area contributed by atoms with Crippen LogP contribution in [0.5, 0.6) is 0 Å². The van der Waals surface area contributed by atoms with Crippen molar-refractivity contribution in [2.24, 2.45) is 17.8 Å². The lowest BCUT2D eigenvalue weighted by Crippen LogP contribution is -2.22. The largest absolute Gasteiger partial charge is 0.374 e. The Kier molecular flexibility index (Phi) is 4.81. The predicted molar refractivity (Wildman–Crippen MR) is 81.3 cm³/mol. The number of nitrogens with one attached hydrogen (secondary N) is 1. The van der Waals surface area contributed by atoms with Crippen molar-refractivity contribution in [3.05, 3.63) is 24.0 Å². The van der Waals surface area contributed by atoms with Crippen LogP contribution in [-0.2, 0) is 6.54 Å². The molecule has 19 heavy (non-hydrogen) atoms. The van der Waals surface area contributed by atoms with E-state index in [0.29, 0.717) is 5.92 Å². The SMILES string of the molecule is CC(C)CNCc1cc(N(C)CC2CC2C)ccn1. The highest BCUT2D eigenvalue weighted by Crippen LogP contribution is 2.38. The van der Waals surface area contributed by atoms with E-state index < -0.39 is 0 Å². The van der Waals surface area contributed by atoms with Gasteiger partial charge in [0, 0.05) is 32.0 Å². The molecule has 0 aromatic carbocycles. The van der Waals surface area contributed by atoms with Crippen molar-refractivity contribution in [3.63, 3.8) is 0 Å². The van der Waals surface area contributed by atoms with Gasteiger partial charge in [0.15, 0.2) is 0 Å². The van der Waals surface area contributed by atoms with Crippen molar-refractivity contribution < 1.29 is 0 Å². The second kappa shape index (κ2) is 6.38. The second-order valence-corrected chi connectivity index (χ2v) is 6.38. The van der Waals surface area contributed by atoms with Crippen molar-refractivity contribution in [1.29, 1.82) is 0 Å². The molecule has 2 unspecified atom stereocenters. The molecule has 106 valence electrons. The molecule has 1 aromatic heterocycles. The topological polar surface area (TPSA) is 28.2 Å². The Hall–Kier alpha value is -1.09. The van der Waals surface area contributed by atoms with Gasteiger partial charge in [-0.25, -0.2) is 0 Å². The van der Waals surface area contributed by atoms with E-state index in [2.05, 4.69) is 55.2 Å². The van der Waals surface area contributed by atoms with Gasteiger partial charge in [-0.15, -0.1) is 0 Å². The van der Waals surface area contributed by atoms with Crippen molar-refractivity contribution in [1.82, 2.24) is 10.3 Å². The molecule has 1 saturated carbocycles. The molecule has 1 aliphatic rings. The lowest BCUT2D eigenvalue weighted by atomic mass is 10.2. The van der Waals surface area contributed by atoms with Crippen LogP contribution in [-0.4, -0.2) is 25.1 Å². The van der Waals surface area contributed by atoms with Gasteiger partial charge < -0.3 is 10.2 Å². The fourth-order valence-electron chi connectivity index (χ4n) is 2.40. The molecule has 0 aliphatic heterocycles. The molecule has 1 heterocycles. The minimum Gasteiger partial charge on any atom is -0.374 e. The Morgan fingerprint density at radius 1 is 1.47 bits per heavy atom. The lowest BCUT2D eigenvalue weighted by molar-refractivity contribution is 0.548. The minimum atomic E-state index is 0.683. The molecule has 0 saturated heterocycles. The first-order chi connectivity index (χ1) is 9.06. The maximum absolute atomic E-state index is 4.44. The molecular weight excluding hydrogens is 234 g/mol. The molecule has 1 fully saturated rings. The highest BCUT2D eigenvalue weighted by Gasteiger charge is 2.33. The highest BCUT2D eigenvalue weighted by molar-refractivity contribution is 5.45. The summed E-state index contributed by atoms with van der Waals surface area (Å²) in [5, 5.41) is 3.45. The Balaban J connectivity index is 1.86. The van der Waals surface area contributed by atoms with Crippen molar-refractivity contribution in [2.75, 3.05) is 25.0 Å². The molecule has 1 aromatic rings. The molecule has 3 nitrogen and oxygen atoms in total. The normalized spacial score (nSPS) is 21.7. The average molecular weight is 261 g/mol. The van der Waals surface area contributed by atoms with E-state index >= 15 is 0 Å². The van der Waals surface area contributed by atoms with Gasteiger partial charge in [-0.1, -0.05) is 20.8 Å². The van der Waals surface area contributed by atoms with Crippen LogP contribution in [0.3, 0.4) is 0 Å². The summed E-state index contributed by atoms with van der Waals surface area (Å²) in [6, 6.07) is 4.32. The van der Waals surface area contributed by atoms with Crippen LogP contribution in [0.4, 0.5) is 5.69 Å². The van der Waals surface area contributed by atoms with E-state index in [1.54, 1.807) is 0 Å². The zero-order valence-corrected chi connectivity index (χ0v) is 12.7. The van der Waals surface area contributed by atoms with Gasteiger partial charge in [0.25, 0.3) is 0 Å². The van der Waals surface area contributed by atoms with Gasteiger partial charge in [0.2, 0.25) is 0 Å². The minimum absolute atomic E-state index is 0.683. The van der Waals surface area contributed by atoms with E-state index in [4.69, 9.17) is 0 Å². The Morgan fingerprint density at radius 2 is 2.21 bits per heavy atom. The van der Waals surface area contributed by atoms with Gasteiger partial charge in [-0.2, -0.15) is 0 Å². The van der Waals surface area contributed by atoms with E-state index in [-0.39, 0.29) is 0 Å². The fourth-order valence-corrected chi connectivity index (χ4v) is 2.40. The summed E-state index contributed by atoms with van der Waals surface area (Å²) in [7, 11) is 2.19. The van der Waals surface area contributed by atoms with Crippen LogP contribution in [0.15, 0.2) is 18.3 Å². The third-order valence-corrected chi connectivity index (χ3v) is 3.88. The number of nitrogens with zero attached hydrogens (tertiary/aromatic N) is 2. The van der Waals surface area contributed by atoms with Gasteiger partial charge in [-0.05, 0) is 42.9 Å². The molecule has 0 radical (unpaired) electrons. The van der Waals surface area contributed by atoms with Gasteiger partial charge in [0.05, 0.1) is 5.69 Å². The van der Waals surface area contributed by atoms with Crippen LogP contribution >= 0.6 is 0 Å². The number of hydrogen-bond acceptors (Lipinski definition) is 3. The van der Waals surface area contributed by atoms with Crippen molar-refractivity contribution in [2.45, 2.75) is 33.7 Å². The summed E-state index contributed by atoms with van der Waals surface area (Å²) in [5.41, 5.74) is 2.42. The first-order valence-electron chi connectivity index (χ1n) is 7.43. The quantitative estimate of drug-likeness (QED) is 0.818. The zero-order valence-electron chi connectivity index (χ0n) is 12.7. The Morgan fingerprint density at radius 3 is 2.84 bits per heavy atom. The molecule has 0 bridgehead atoms. The Bertz CT molecular complexity index is 403. The third kappa shape index (κ3) is 4.50. The summed E-state index contributed by atoms with van der Waals surface area (Å²) in [4.78, 5) is 6.80. The Labute approximate surface area is 117 Å². The summed E-state index contributed by atoms with van der Waals surface area (Å²) >= 11 is 0. The maximum Gasteiger partial charge on any atom is 0.0562 e. The van der Waals surface area contributed by atoms with E-state index in [0.717, 1.165) is 30.6 Å². The number of hydrogen-bond donors (Lipinski definition) is 1. The van der Waals surface area contributed by atoms with Crippen LogP contribution in [0.2, 0.25) is 0 Å². The first-order valence-corrected chi connectivity index (χ1v) is 7.43. The lowest BCUT2D eigenvalue weighted by Gasteiger charge is -2.20. The van der Waals surface area contributed by atoms with Crippen molar-refractivity contribution in [3.8, 4) is 0 Å². The molecule has 0 amide bonds. The second-order valence-electron chi connectivity index (χ2n) is 6.38. The molecule has 2 rings (SSSR count). The molecule has 1 N–H and O–H groups in total. The number of pyridine rings is 1. The van der Waals surface area contributed by atoms with E-state index in [9.17, 15) is 0 Å². The molecular formula is C16H27N3. The van der Waals surface area contributed by atoms with Gasteiger partial charge in [0.1, 0.15) is 0 Å². The smallest absolute Gasteiger partial charge is 0.0562 e. The summed E-state index contributed by atoms with van der Waals surface area (Å²) in [5.74, 6) is 2.49. The summed E-state index contributed by atoms with van der Waals surface area (Å²) < 4.78 is 0. The fraction of sp³-hybridized carbons (Fsp3) is 0.688. The van der Waals surface area contributed by atoms with Gasteiger partial charge >= 0.3 is 0 Å². The van der Waals surface area contributed by atoms with Crippen LogP contribution < -0.4 is 10.2 Å². The van der Waals surface area contributed by atoms with Crippen molar-refractivity contribution >= 4 is 5.69 Å². The molecule has 1 aliphatic carbocycles. The first kappa shape index (κ1) is 14.3. The summed E-state index contributed by atoms with van der Waals surface area (Å²) in [6.45, 7) is 9.86. The monoisotopic (exact) mass is 261 g/mol. The number of rotatable bonds is 7. The standard InChI is InChI=1S/C16H27N3/c1-12(2)9-17-10-15-8-16(5-6-18-15)19(4)11-14-7-13(14)3/h5-6,8,12-14,17H,7,9-11H2,1-4H3. The number of aromatic nitrogens is 1. The zero-order chi connectivity index (χ0) is 13.8. The van der Waals surface area contributed by atoms with E-state index in [1.165, 1.54) is 18.7 Å². The van der Waals surface area contributed by atoms with Crippen LogP contribution in [0.25, 0.3) is 0 Å². The molecule has 2 atom stereocenters. The van der Waals surface area contributed by atoms with Crippen LogP contribution in [0, 0.1) is 17.8 Å². The summed E-state index contributed by atoms with van der Waals surface area (Å²) in [6.07, 6.45) is 3.31. The van der Waals surface area contributed by atoms with Crippen LogP contribution in [0.1, 0.15) is 32.9 Å². The predicted octanol–water partition coefficient (Wildman–Crippen LogP) is 2.92. The van der Waals surface area contributed by atoms with E-state index in [1.807, 2.05) is 6.20 Å². The number of anilines is 1. The maximum atomic E-state index is 4.44. The highest BCUT2D eigenvalue weighted by atomic mass is 15.1. The average Bonchev–Trinajstić information content (AvgIpc) is 3.05. The van der Waals surface area contributed by atoms with Gasteiger partial charge in [-0.3, -0.25) is 4.98 Å². The third-order valence-electron chi connectivity index (χ3n) is 3.88.